The van der Waals surface area contributed by atoms with Crippen LogP contribution in [0.2, 0.25) is 5.02 Å². The van der Waals surface area contributed by atoms with Gasteiger partial charge in [0.05, 0.1) is 29.3 Å². The second kappa shape index (κ2) is 7.46. The number of nitrogens with zero attached hydrogens (tertiary/aromatic N) is 1. The molecule has 0 unspecified atom stereocenters. The average molecular weight is 413 g/mol. The van der Waals surface area contributed by atoms with E-state index in [1.54, 1.807) is 43.5 Å². The van der Waals surface area contributed by atoms with Gasteiger partial charge in [-0.1, -0.05) is 23.7 Å². The summed E-state index contributed by atoms with van der Waals surface area (Å²) in [6.45, 7) is 0. The van der Waals surface area contributed by atoms with Crippen LogP contribution in [0.5, 0.6) is 5.75 Å². The van der Waals surface area contributed by atoms with Gasteiger partial charge in [-0.2, -0.15) is 5.10 Å². The number of fused-ring (bicyclic) bond motifs is 2. The molecule has 2 aromatic carbocycles. The Hall–Kier alpha value is -3.16. The molecule has 1 N–H and O–H groups in total. The van der Waals surface area contributed by atoms with Crippen LogP contribution in [0.15, 0.2) is 63.0 Å². The normalized spacial score (nSPS) is 11.4. The molecule has 8 heteroatoms. The number of ether oxygens (including phenoxy) is 1. The van der Waals surface area contributed by atoms with E-state index in [1.807, 2.05) is 6.07 Å². The van der Waals surface area contributed by atoms with Crippen molar-refractivity contribution < 1.29 is 13.9 Å². The van der Waals surface area contributed by atoms with Gasteiger partial charge in [0.1, 0.15) is 22.5 Å². The van der Waals surface area contributed by atoms with E-state index in [-0.39, 0.29) is 11.0 Å². The summed E-state index contributed by atoms with van der Waals surface area (Å²) in [4.78, 5) is 25.2. The molecule has 0 radical (unpaired) electrons. The summed E-state index contributed by atoms with van der Waals surface area (Å²) in [5.41, 5.74) is 2.88. The first kappa shape index (κ1) is 18.2. The summed E-state index contributed by atoms with van der Waals surface area (Å²) in [6, 6.07) is 12.3. The predicted molar refractivity (Wildman–Crippen MR) is 111 cm³/mol. The highest BCUT2D eigenvalue weighted by atomic mass is 35.5. The van der Waals surface area contributed by atoms with Crippen LogP contribution in [-0.2, 0) is 0 Å². The fraction of sp³-hybridized carbons (Fsp3) is 0.0500. The van der Waals surface area contributed by atoms with E-state index in [9.17, 15) is 9.59 Å². The monoisotopic (exact) mass is 412 g/mol. The summed E-state index contributed by atoms with van der Waals surface area (Å²) in [5.74, 6) is 0.213. The number of methoxy groups -OCH3 is 1. The maximum absolute atomic E-state index is 12.4. The second-order valence-electron chi connectivity index (χ2n) is 5.82. The number of carbonyl (C=O) groups excluding carboxylic acids is 1. The van der Waals surface area contributed by atoms with Crippen LogP contribution in [-0.4, -0.2) is 19.2 Å². The van der Waals surface area contributed by atoms with Gasteiger partial charge >= 0.3 is 0 Å². The van der Waals surface area contributed by atoms with Crippen molar-refractivity contribution in [1.82, 2.24) is 5.43 Å². The fourth-order valence-corrected chi connectivity index (χ4v) is 4.15. The topological polar surface area (TPSA) is 80.9 Å². The summed E-state index contributed by atoms with van der Waals surface area (Å²) in [6.07, 6.45) is 2.56. The molecular formula is C20H13ClN2O4S. The molecule has 4 aromatic rings. The summed E-state index contributed by atoms with van der Waals surface area (Å²) >= 11 is 7.56. The third kappa shape index (κ3) is 3.26. The van der Waals surface area contributed by atoms with Gasteiger partial charge < -0.3 is 9.15 Å². The Morgan fingerprint density at radius 1 is 1.25 bits per heavy atom. The minimum absolute atomic E-state index is 0.228. The Labute approximate surface area is 168 Å². The SMILES string of the molecule is COc1ccc2c(Cl)c(C(=O)N/N=C\c3coc4ccccc4c3=O)sc2c1. The van der Waals surface area contributed by atoms with Crippen LogP contribution in [0, 0.1) is 0 Å². The number of nitrogens with one attached hydrogen (secondary N) is 1. The Morgan fingerprint density at radius 2 is 2.07 bits per heavy atom. The Kier molecular flexibility index (Phi) is 4.85. The molecule has 0 aliphatic heterocycles. The van der Waals surface area contributed by atoms with Crippen molar-refractivity contribution in [3.63, 3.8) is 0 Å². The maximum atomic E-state index is 12.4. The first-order chi connectivity index (χ1) is 13.6. The van der Waals surface area contributed by atoms with Crippen LogP contribution >= 0.6 is 22.9 Å². The van der Waals surface area contributed by atoms with Crippen LogP contribution < -0.4 is 15.6 Å². The number of para-hydroxylation sites is 1. The van der Waals surface area contributed by atoms with E-state index in [4.69, 9.17) is 20.8 Å². The molecule has 28 heavy (non-hydrogen) atoms. The summed E-state index contributed by atoms with van der Waals surface area (Å²) in [5, 5.41) is 5.42. The number of benzene rings is 2. The smallest absolute Gasteiger partial charge is 0.283 e. The van der Waals surface area contributed by atoms with Gasteiger partial charge in [-0.3, -0.25) is 9.59 Å². The van der Waals surface area contributed by atoms with Gasteiger partial charge in [0, 0.05) is 10.1 Å². The number of halogens is 1. The van der Waals surface area contributed by atoms with Gasteiger partial charge in [0.25, 0.3) is 5.91 Å². The lowest BCUT2D eigenvalue weighted by atomic mass is 10.2. The highest BCUT2D eigenvalue weighted by molar-refractivity contribution is 7.21. The molecule has 4 rings (SSSR count). The van der Waals surface area contributed by atoms with E-state index in [0.717, 1.165) is 10.1 Å². The third-order valence-corrected chi connectivity index (χ3v) is 5.78. The lowest BCUT2D eigenvalue weighted by molar-refractivity contribution is 0.0959. The molecule has 0 saturated carbocycles. The van der Waals surface area contributed by atoms with Crippen LogP contribution in [0.25, 0.3) is 21.1 Å². The minimum atomic E-state index is -0.466. The Morgan fingerprint density at radius 3 is 2.89 bits per heavy atom. The first-order valence-electron chi connectivity index (χ1n) is 8.18. The second-order valence-corrected chi connectivity index (χ2v) is 7.25. The number of hydrogen-bond acceptors (Lipinski definition) is 6. The molecule has 2 heterocycles. The quantitative estimate of drug-likeness (QED) is 0.397. The number of carbonyl (C=O) groups is 1. The zero-order valence-corrected chi connectivity index (χ0v) is 16.1. The largest absolute Gasteiger partial charge is 0.497 e. The zero-order chi connectivity index (χ0) is 19.7. The van der Waals surface area contributed by atoms with Crippen molar-refractivity contribution in [2.75, 3.05) is 7.11 Å². The molecule has 0 aliphatic rings. The van der Waals surface area contributed by atoms with Gasteiger partial charge in [-0.05, 0) is 30.3 Å². The molecule has 140 valence electrons. The molecule has 0 bridgehead atoms. The molecule has 0 aliphatic carbocycles. The molecular weight excluding hydrogens is 400 g/mol. The van der Waals surface area contributed by atoms with Crippen LogP contribution in [0.4, 0.5) is 0 Å². The van der Waals surface area contributed by atoms with E-state index >= 15 is 0 Å². The van der Waals surface area contributed by atoms with E-state index in [2.05, 4.69) is 10.5 Å². The van der Waals surface area contributed by atoms with E-state index < -0.39 is 5.91 Å². The number of amides is 1. The maximum Gasteiger partial charge on any atom is 0.283 e. The van der Waals surface area contributed by atoms with Crippen molar-refractivity contribution in [1.29, 1.82) is 0 Å². The number of rotatable bonds is 4. The van der Waals surface area contributed by atoms with Gasteiger partial charge in [0.15, 0.2) is 0 Å². The van der Waals surface area contributed by atoms with Crippen molar-refractivity contribution in [3.8, 4) is 5.75 Å². The Bertz CT molecular complexity index is 1290. The van der Waals surface area contributed by atoms with Crippen molar-refractivity contribution in [3.05, 3.63) is 74.4 Å². The minimum Gasteiger partial charge on any atom is -0.497 e. The summed E-state index contributed by atoms with van der Waals surface area (Å²) < 4.78 is 11.4. The summed E-state index contributed by atoms with van der Waals surface area (Å²) in [7, 11) is 1.57. The lowest BCUT2D eigenvalue weighted by Crippen LogP contribution is -2.17. The highest BCUT2D eigenvalue weighted by Crippen LogP contribution is 2.37. The van der Waals surface area contributed by atoms with Gasteiger partial charge in [-0.15, -0.1) is 11.3 Å². The number of hydrazone groups is 1. The average Bonchev–Trinajstić information content (AvgIpc) is 3.05. The molecule has 0 fully saturated rings. The number of hydrogen-bond donors (Lipinski definition) is 1. The molecule has 6 nitrogen and oxygen atoms in total. The molecule has 0 spiro atoms. The standard InChI is InChI=1S/C20H13ClN2O4S/c1-26-12-6-7-14-16(8-12)28-19(17(14)21)20(25)23-22-9-11-10-27-15-5-3-2-4-13(15)18(11)24/h2-10H,1H3,(H,23,25)/b22-9-. The molecule has 0 atom stereocenters. The van der Waals surface area contributed by atoms with Crippen molar-refractivity contribution in [2.24, 2.45) is 5.10 Å². The molecule has 0 saturated heterocycles. The molecule has 2 aromatic heterocycles. The van der Waals surface area contributed by atoms with Crippen molar-refractivity contribution >= 4 is 56.1 Å². The van der Waals surface area contributed by atoms with Crippen LogP contribution in [0.3, 0.4) is 0 Å². The van der Waals surface area contributed by atoms with Gasteiger partial charge in [-0.25, -0.2) is 5.43 Å². The molecule has 1 amide bonds. The lowest BCUT2D eigenvalue weighted by Gasteiger charge is -1.99. The number of thiophene rings is 1. The third-order valence-electron chi connectivity index (χ3n) is 4.12. The van der Waals surface area contributed by atoms with Crippen LogP contribution in [0.1, 0.15) is 15.2 Å². The van der Waals surface area contributed by atoms with Crippen molar-refractivity contribution in [2.45, 2.75) is 0 Å². The van der Waals surface area contributed by atoms with Gasteiger partial charge in [0.2, 0.25) is 5.43 Å². The van der Waals surface area contributed by atoms with E-state index in [1.165, 1.54) is 23.8 Å². The zero-order valence-electron chi connectivity index (χ0n) is 14.6. The fourth-order valence-electron chi connectivity index (χ4n) is 2.71. The predicted octanol–water partition coefficient (Wildman–Crippen LogP) is 4.43. The first-order valence-corrected chi connectivity index (χ1v) is 9.38. The van der Waals surface area contributed by atoms with E-state index in [0.29, 0.717) is 26.6 Å². The highest BCUT2D eigenvalue weighted by Gasteiger charge is 2.17. The Balaban J connectivity index is 1.58.